The smallest absolute Gasteiger partial charge is 0.133 e. The zero-order valence-electron chi connectivity index (χ0n) is 7.69. The number of rotatable bonds is 6. The van der Waals surface area contributed by atoms with E-state index in [1.807, 2.05) is 0 Å². The maximum Gasteiger partial charge on any atom is 0.133 e. The van der Waals surface area contributed by atoms with E-state index in [0.717, 1.165) is 19.3 Å². The minimum absolute atomic E-state index is 0.187. The molecule has 0 radical (unpaired) electrons. The average Bonchev–Trinajstić information content (AvgIpc) is 2.03. The molecule has 0 aromatic carbocycles. The first kappa shape index (κ1) is 12.2. The highest BCUT2D eigenvalue weighted by Crippen LogP contribution is 2.19. The van der Waals surface area contributed by atoms with Gasteiger partial charge in [-0.3, -0.25) is 0 Å². The Labute approximate surface area is 78.3 Å². The summed E-state index contributed by atoms with van der Waals surface area (Å²) in [4.78, 5) is 0. The standard InChI is InChI=1S/C9H17ClF2/c1-7(5-3-4-6-10)9(12)8(2)11/h7-9H,3-6H2,1-2H3. The van der Waals surface area contributed by atoms with Crippen LogP contribution in [0.3, 0.4) is 0 Å². The zero-order valence-corrected chi connectivity index (χ0v) is 8.45. The highest BCUT2D eigenvalue weighted by molar-refractivity contribution is 6.17. The summed E-state index contributed by atoms with van der Waals surface area (Å²) in [6.45, 7) is 3.01. The van der Waals surface area contributed by atoms with Crippen molar-refractivity contribution in [2.75, 3.05) is 5.88 Å². The minimum atomic E-state index is -1.35. The minimum Gasteiger partial charge on any atom is -0.245 e. The summed E-state index contributed by atoms with van der Waals surface area (Å²) >= 11 is 5.46. The molecule has 74 valence electrons. The van der Waals surface area contributed by atoms with Crippen LogP contribution >= 0.6 is 11.6 Å². The van der Waals surface area contributed by atoms with Crippen LogP contribution in [-0.4, -0.2) is 18.2 Å². The fourth-order valence-corrected chi connectivity index (χ4v) is 1.36. The Morgan fingerprint density at radius 1 is 1.17 bits per heavy atom. The van der Waals surface area contributed by atoms with Crippen LogP contribution in [0.25, 0.3) is 0 Å². The Bertz CT molecular complexity index is 107. The first-order valence-electron chi connectivity index (χ1n) is 4.43. The van der Waals surface area contributed by atoms with E-state index >= 15 is 0 Å². The molecule has 0 fully saturated rings. The summed E-state index contributed by atoms with van der Waals surface area (Å²) in [6, 6.07) is 0. The van der Waals surface area contributed by atoms with E-state index in [-0.39, 0.29) is 5.92 Å². The molecule has 0 N–H and O–H groups in total. The molecule has 0 rings (SSSR count). The number of unbranched alkanes of at least 4 members (excludes halogenated alkanes) is 1. The van der Waals surface area contributed by atoms with Gasteiger partial charge < -0.3 is 0 Å². The van der Waals surface area contributed by atoms with Crippen molar-refractivity contribution in [1.29, 1.82) is 0 Å². The van der Waals surface area contributed by atoms with Crippen molar-refractivity contribution in [3.63, 3.8) is 0 Å². The molecular formula is C9H17ClF2. The van der Waals surface area contributed by atoms with Crippen LogP contribution < -0.4 is 0 Å². The lowest BCUT2D eigenvalue weighted by Gasteiger charge is -2.17. The molecule has 0 spiro atoms. The first-order valence-corrected chi connectivity index (χ1v) is 4.97. The van der Waals surface area contributed by atoms with Crippen molar-refractivity contribution in [2.24, 2.45) is 5.92 Å². The van der Waals surface area contributed by atoms with Crippen molar-refractivity contribution < 1.29 is 8.78 Å². The van der Waals surface area contributed by atoms with E-state index in [2.05, 4.69) is 0 Å². The molecule has 0 amide bonds. The highest BCUT2D eigenvalue weighted by atomic mass is 35.5. The Morgan fingerprint density at radius 2 is 1.75 bits per heavy atom. The molecule has 3 heteroatoms. The Kier molecular flexibility index (Phi) is 6.73. The second-order valence-electron chi connectivity index (χ2n) is 3.28. The maximum absolute atomic E-state index is 12.9. The van der Waals surface area contributed by atoms with Crippen LogP contribution in [0.5, 0.6) is 0 Å². The highest BCUT2D eigenvalue weighted by Gasteiger charge is 2.21. The number of hydrogen-bond acceptors (Lipinski definition) is 0. The van der Waals surface area contributed by atoms with Gasteiger partial charge in [-0.2, -0.15) is 0 Å². The lowest BCUT2D eigenvalue weighted by Crippen LogP contribution is -2.22. The summed E-state index contributed by atoms with van der Waals surface area (Å²) in [7, 11) is 0. The van der Waals surface area contributed by atoms with Crippen molar-refractivity contribution >= 4 is 11.6 Å². The Morgan fingerprint density at radius 3 is 2.17 bits per heavy atom. The number of alkyl halides is 3. The van der Waals surface area contributed by atoms with Gasteiger partial charge in [0.15, 0.2) is 0 Å². The van der Waals surface area contributed by atoms with Gasteiger partial charge in [-0.05, 0) is 25.7 Å². The van der Waals surface area contributed by atoms with E-state index in [4.69, 9.17) is 11.6 Å². The summed E-state index contributed by atoms with van der Waals surface area (Å²) in [5.74, 6) is 0.419. The van der Waals surface area contributed by atoms with Crippen molar-refractivity contribution in [3.05, 3.63) is 0 Å². The van der Waals surface area contributed by atoms with Crippen LogP contribution in [-0.2, 0) is 0 Å². The topological polar surface area (TPSA) is 0 Å². The van der Waals surface area contributed by atoms with Gasteiger partial charge in [-0.25, -0.2) is 8.78 Å². The molecule has 0 aliphatic rings. The fourth-order valence-electron chi connectivity index (χ4n) is 1.17. The van der Waals surface area contributed by atoms with Crippen LogP contribution in [0.1, 0.15) is 33.1 Å². The van der Waals surface area contributed by atoms with Crippen molar-refractivity contribution in [1.82, 2.24) is 0 Å². The third-order valence-electron chi connectivity index (χ3n) is 2.03. The second kappa shape index (κ2) is 6.64. The van der Waals surface area contributed by atoms with E-state index in [0.29, 0.717) is 5.88 Å². The summed E-state index contributed by atoms with van der Waals surface area (Å²) in [5.41, 5.74) is 0. The van der Waals surface area contributed by atoms with Crippen LogP contribution in [0.2, 0.25) is 0 Å². The molecule has 0 aliphatic carbocycles. The third kappa shape index (κ3) is 4.91. The Balaban J connectivity index is 3.49. The molecule has 0 aliphatic heterocycles. The molecule has 0 heterocycles. The van der Waals surface area contributed by atoms with Crippen molar-refractivity contribution in [3.8, 4) is 0 Å². The predicted octanol–water partition coefficient (Wildman–Crippen LogP) is 3.73. The molecule has 0 aromatic rings. The molecule has 12 heavy (non-hydrogen) atoms. The molecule has 3 atom stereocenters. The summed E-state index contributed by atoms with van der Waals surface area (Å²) < 4.78 is 25.4. The van der Waals surface area contributed by atoms with Gasteiger partial charge in [0, 0.05) is 5.88 Å². The SMILES string of the molecule is CC(F)C(F)C(C)CCCCCl. The van der Waals surface area contributed by atoms with E-state index in [9.17, 15) is 8.78 Å². The van der Waals surface area contributed by atoms with Gasteiger partial charge in [0.2, 0.25) is 0 Å². The first-order chi connectivity index (χ1) is 5.59. The largest absolute Gasteiger partial charge is 0.245 e. The second-order valence-corrected chi connectivity index (χ2v) is 3.66. The van der Waals surface area contributed by atoms with Crippen LogP contribution in [0, 0.1) is 5.92 Å². The number of hydrogen-bond donors (Lipinski definition) is 0. The molecule has 0 saturated carbocycles. The Hall–Kier alpha value is 0.150. The van der Waals surface area contributed by atoms with E-state index in [1.54, 1.807) is 6.92 Å². The third-order valence-corrected chi connectivity index (χ3v) is 2.29. The number of halogens is 3. The fraction of sp³-hybridized carbons (Fsp3) is 1.00. The van der Waals surface area contributed by atoms with Gasteiger partial charge in [-0.15, -0.1) is 11.6 Å². The predicted molar refractivity (Wildman–Crippen MR) is 49.2 cm³/mol. The monoisotopic (exact) mass is 198 g/mol. The van der Waals surface area contributed by atoms with E-state index < -0.39 is 12.3 Å². The van der Waals surface area contributed by atoms with Crippen LogP contribution in [0.4, 0.5) is 8.78 Å². The van der Waals surface area contributed by atoms with Gasteiger partial charge in [0.25, 0.3) is 0 Å². The van der Waals surface area contributed by atoms with Crippen LogP contribution in [0.15, 0.2) is 0 Å². The molecule has 0 aromatic heterocycles. The molecular weight excluding hydrogens is 182 g/mol. The molecule has 0 saturated heterocycles. The van der Waals surface area contributed by atoms with E-state index in [1.165, 1.54) is 6.92 Å². The molecule has 3 unspecified atom stereocenters. The van der Waals surface area contributed by atoms with Gasteiger partial charge in [-0.1, -0.05) is 13.3 Å². The maximum atomic E-state index is 12.9. The summed E-state index contributed by atoms with van der Waals surface area (Å²) in [6.07, 6.45) is -0.171. The lowest BCUT2D eigenvalue weighted by atomic mass is 9.97. The molecule has 0 bridgehead atoms. The quantitative estimate of drug-likeness (QED) is 0.451. The zero-order chi connectivity index (χ0) is 9.56. The van der Waals surface area contributed by atoms with Gasteiger partial charge in [0.05, 0.1) is 0 Å². The van der Waals surface area contributed by atoms with Crippen molar-refractivity contribution in [2.45, 2.75) is 45.5 Å². The van der Waals surface area contributed by atoms with Gasteiger partial charge >= 0.3 is 0 Å². The van der Waals surface area contributed by atoms with Gasteiger partial charge in [0.1, 0.15) is 12.3 Å². The molecule has 0 nitrogen and oxygen atoms in total. The normalized spacial score (nSPS) is 18.8. The lowest BCUT2D eigenvalue weighted by molar-refractivity contribution is 0.124. The summed E-state index contributed by atoms with van der Waals surface area (Å²) in [5, 5.41) is 0. The average molecular weight is 199 g/mol.